The monoisotopic (exact) mass is 280 g/mol. The lowest BCUT2D eigenvalue weighted by Gasteiger charge is -2.30. The van der Waals surface area contributed by atoms with Gasteiger partial charge < -0.3 is 0 Å². The van der Waals surface area contributed by atoms with Crippen LogP contribution in [0.1, 0.15) is 30.9 Å². The minimum Gasteiger partial charge on any atom is -0.299 e. The summed E-state index contributed by atoms with van der Waals surface area (Å²) in [5.41, 5.74) is 5.10. The summed E-state index contributed by atoms with van der Waals surface area (Å²) in [6, 6.07) is 10.9. The Morgan fingerprint density at radius 1 is 1.10 bits per heavy atom. The van der Waals surface area contributed by atoms with E-state index >= 15 is 0 Å². The second-order valence-electron chi connectivity index (χ2n) is 6.41. The SMILES string of the molecule is Cc1cccc(-c2cncc(CN3CCC(C)CC3)c2)c1. The van der Waals surface area contributed by atoms with Crippen molar-refractivity contribution in [2.75, 3.05) is 13.1 Å². The third kappa shape index (κ3) is 3.70. The molecule has 0 atom stereocenters. The van der Waals surface area contributed by atoms with Gasteiger partial charge in [0.25, 0.3) is 0 Å². The van der Waals surface area contributed by atoms with Crippen LogP contribution in [0.4, 0.5) is 0 Å². The third-order valence-electron chi connectivity index (χ3n) is 4.43. The Kier molecular flexibility index (Phi) is 4.35. The quantitative estimate of drug-likeness (QED) is 0.834. The first kappa shape index (κ1) is 14.3. The predicted molar refractivity (Wildman–Crippen MR) is 88.1 cm³/mol. The molecular formula is C19H24N2. The molecule has 0 amide bonds. The summed E-state index contributed by atoms with van der Waals surface area (Å²) in [6.07, 6.45) is 6.63. The van der Waals surface area contributed by atoms with Gasteiger partial charge in [0.15, 0.2) is 0 Å². The van der Waals surface area contributed by atoms with Crippen molar-refractivity contribution in [1.82, 2.24) is 9.88 Å². The number of rotatable bonds is 3. The summed E-state index contributed by atoms with van der Waals surface area (Å²) in [4.78, 5) is 7.00. The van der Waals surface area contributed by atoms with E-state index < -0.39 is 0 Å². The van der Waals surface area contributed by atoms with Crippen LogP contribution in [-0.4, -0.2) is 23.0 Å². The van der Waals surface area contributed by atoms with E-state index in [4.69, 9.17) is 0 Å². The number of nitrogens with zero attached hydrogens (tertiary/aromatic N) is 2. The molecule has 0 aliphatic carbocycles. The molecule has 1 fully saturated rings. The van der Waals surface area contributed by atoms with E-state index in [2.05, 4.69) is 54.1 Å². The van der Waals surface area contributed by atoms with Crippen molar-refractivity contribution in [3.63, 3.8) is 0 Å². The average Bonchev–Trinajstić information content (AvgIpc) is 2.50. The second kappa shape index (κ2) is 6.40. The van der Waals surface area contributed by atoms with Crippen molar-refractivity contribution in [3.05, 3.63) is 53.9 Å². The summed E-state index contributed by atoms with van der Waals surface area (Å²) >= 11 is 0. The molecule has 110 valence electrons. The summed E-state index contributed by atoms with van der Waals surface area (Å²) in [7, 11) is 0. The van der Waals surface area contributed by atoms with Crippen LogP contribution >= 0.6 is 0 Å². The highest BCUT2D eigenvalue weighted by molar-refractivity contribution is 5.63. The second-order valence-corrected chi connectivity index (χ2v) is 6.41. The molecule has 2 heteroatoms. The maximum atomic E-state index is 4.44. The Labute approximate surface area is 127 Å². The van der Waals surface area contributed by atoms with Crippen molar-refractivity contribution in [2.24, 2.45) is 5.92 Å². The predicted octanol–water partition coefficient (Wildman–Crippen LogP) is 4.29. The van der Waals surface area contributed by atoms with Crippen LogP contribution in [0, 0.1) is 12.8 Å². The summed E-state index contributed by atoms with van der Waals surface area (Å²) in [6.45, 7) is 7.96. The van der Waals surface area contributed by atoms with Crippen LogP contribution in [0.25, 0.3) is 11.1 Å². The number of aromatic nitrogens is 1. The standard InChI is InChI=1S/C19H24N2/c1-15-6-8-21(9-7-15)14-17-11-19(13-20-12-17)18-5-3-4-16(2)10-18/h3-5,10-13,15H,6-9,14H2,1-2H3. The van der Waals surface area contributed by atoms with Crippen molar-refractivity contribution in [3.8, 4) is 11.1 Å². The molecule has 1 aromatic heterocycles. The molecule has 0 bridgehead atoms. The van der Waals surface area contributed by atoms with Gasteiger partial charge in [-0.25, -0.2) is 0 Å². The Bertz CT molecular complexity index is 598. The minimum absolute atomic E-state index is 0.887. The maximum absolute atomic E-state index is 4.44. The molecule has 1 saturated heterocycles. The average molecular weight is 280 g/mol. The van der Waals surface area contributed by atoms with E-state index in [0.717, 1.165) is 12.5 Å². The molecule has 2 aromatic rings. The van der Waals surface area contributed by atoms with Crippen LogP contribution in [0.3, 0.4) is 0 Å². The zero-order valence-corrected chi connectivity index (χ0v) is 13.0. The van der Waals surface area contributed by atoms with Crippen LogP contribution in [0.2, 0.25) is 0 Å². The van der Waals surface area contributed by atoms with Crippen LogP contribution in [0.5, 0.6) is 0 Å². The van der Waals surface area contributed by atoms with E-state index in [1.54, 1.807) is 0 Å². The number of hydrogen-bond acceptors (Lipinski definition) is 2. The zero-order valence-electron chi connectivity index (χ0n) is 13.0. The molecule has 1 aromatic carbocycles. The van der Waals surface area contributed by atoms with E-state index in [-0.39, 0.29) is 0 Å². The summed E-state index contributed by atoms with van der Waals surface area (Å²) < 4.78 is 0. The third-order valence-corrected chi connectivity index (χ3v) is 4.43. The fourth-order valence-electron chi connectivity index (χ4n) is 3.03. The first-order valence-electron chi connectivity index (χ1n) is 7.94. The zero-order chi connectivity index (χ0) is 14.7. The fourth-order valence-corrected chi connectivity index (χ4v) is 3.03. The molecule has 1 aliphatic rings. The Morgan fingerprint density at radius 2 is 1.90 bits per heavy atom. The normalized spacial score (nSPS) is 17.0. The number of benzene rings is 1. The Morgan fingerprint density at radius 3 is 2.67 bits per heavy atom. The summed E-state index contributed by atoms with van der Waals surface area (Å²) in [5, 5.41) is 0. The molecule has 1 aliphatic heterocycles. The van der Waals surface area contributed by atoms with Crippen molar-refractivity contribution in [1.29, 1.82) is 0 Å². The minimum atomic E-state index is 0.887. The van der Waals surface area contributed by atoms with E-state index in [0.29, 0.717) is 0 Å². The van der Waals surface area contributed by atoms with Crippen LogP contribution in [-0.2, 0) is 6.54 Å². The van der Waals surface area contributed by atoms with Gasteiger partial charge in [-0.3, -0.25) is 9.88 Å². The van der Waals surface area contributed by atoms with Gasteiger partial charge in [-0.05, 0) is 56.0 Å². The van der Waals surface area contributed by atoms with Crippen molar-refractivity contribution in [2.45, 2.75) is 33.2 Å². The van der Waals surface area contributed by atoms with Gasteiger partial charge in [0.2, 0.25) is 0 Å². The number of pyridine rings is 1. The first-order valence-corrected chi connectivity index (χ1v) is 7.94. The molecular weight excluding hydrogens is 256 g/mol. The lowest BCUT2D eigenvalue weighted by molar-refractivity contribution is 0.185. The van der Waals surface area contributed by atoms with Crippen molar-refractivity contribution < 1.29 is 0 Å². The molecule has 3 rings (SSSR count). The molecule has 0 N–H and O–H groups in total. The lowest BCUT2D eigenvalue weighted by Crippen LogP contribution is -2.32. The van der Waals surface area contributed by atoms with E-state index in [9.17, 15) is 0 Å². The largest absolute Gasteiger partial charge is 0.299 e. The lowest BCUT2D eigenvalue weighted by atomic mass is 9.98. The number of aryl methyl sites for hydroxylation is 1. The molecule has 0 unspecified atom stereocenters. The topological polar surface area (TPSA) is 16.1 Å². The first-order chi connectivity index (χ1) is 10.2. The van der Waals surface area contributed by atoms with Gasteiger partial charge in [0.1, 0.15) is 0 Å². The molecule has 2 heterocycles. The van der Waals surface area contributed by atoms with Gasteiger partial charge in [-0.15, -0.1) is 0 Å². The van der Waals surface area contributed by atoms with Gasteiger partial charge in [-0.2, -0.15) is 0 Å². The highest BCUT2D eigenvalue weighted by atomic mass is 15.1. The van der Waals surface area contributed by atoms with Crippen LogP contribution in [0.15, 0.2) is 42.7 Å². The van der Waals surface area contributed by atoms with Gasteiger partial charge in [-0.1, -0.05) is 36.8 Å². The van der Waals surface area contributed by atoms with Gasteiger partial charge in [0.05, 0.1) is 0 Å². The molecule has 21 heavy (non-hydrogen) atoms. The highest BCUT2D eigenvalue weighted by Crippen LogP contribution is 2.22. The number of likely N-dealkylation sites (tertiary alicyclic amines) is 1. The van der Waals surface area contributed by atoms with Crippen LogP contribution < -0.4 is 0 Å². The number of piperidine rings is 1. The highest BCUT2D eigenvalue weighted by Gasteiger charge is 2.15. The Balaban J connectivity index is 1.74. The molecule has 0 spiro atoms. The Hall–Kier alpha value is -1.67. The molecule has 0 saturated carbocycles. The molecule has 2 nitrogen and oxygen atoms in total. The molecule has 0 radical (unpaired) electrons. The van der Waals surface area contributed by atoms with Gasteiger partial charge >= 0.3 is 0 Å². The summed E-state index contributed by atoms with van der Waals surface area (Å²) in [5.74, 6) is 0.887. The van der Waals surface area contributed by atoms with E-state index in [1.165, 1.54) is 48.2 Å². The maximum Gasteiger partial charge on any atom is 0.0346 e. The van der Waals surface area contributed by atoms with Crippen molar-refractivity contribution >= 4 is 0 Å². The number of hydrogen-bond donors (Lipinski definition) is 0. The smallest absolute Gasteiger partial charge is 0.0346 e. The van der Waals surface area contributed by atoms with E-state index in [1.807, 2.05) is 12.4 Å². The van der Waals surface area contributed by atoms with Gasteiger partial charge in [0, 0.05) is 24.5 Å². The fraction of sp³-hybridized carbons (Fsp3) is 0.421.